The lowest BCUT2D eigenvalue weighted by Gasteiger charge is -2.09. The van der Waals surface area contributed by atoms with Gasteiger partial charge in [-0.15, -0.1) is 0 Å². The number of aromatic nitrogens is 2. The van der Waals surface area contributed by atoms with E-state index in [1.807, 2.05) is 31.2 Å². The van der Waals surface area contributed by atoms with Crippen LogP contribution >= 0.6 is 12.2 Å². The van der Waals surface area contributed by atoms with E-state index < -0.39 is 0 Å². The molecule has 0 fully saturated rings. The molecular weight excluding hydrogens is 208 g/mol. The molecule has 2 aromatic rings. The second-order valence-electron chi connectivity index (χ2n) is 3.37. The summed E-state index contributed by atoms with van der Waals surface area (Å²) < 4.78 is 0. The highest BCUT2D eigenvalue weighted by molar-refractivity contribution is 7.80. The molecule has 78 valence electrons. The molecule has 0 bridgehead atoms. The third-order valence-electron chi connectivity index (χ3n) is 2.18. The van der Waals surface area contributed by atoms with Crippen LogP contribution in [0.25, 0.3) is 11.0 Å². The first kappa shape index (κ1) is 9.92. The van der Waals surface area contributed by atoms with Crippen molar-refractivity contribution in [2.75, 3.05) is 0 Å². The molecule has 0 aliphatic heterocycles. The summed E-state index contributed by atoms with van der Waals surface area (Å²) in [5, 5.41) is 3.22. The maximum absolute atomic E-state index is 5.40. The lowest BCUT2D eigenvalue weighted by molar-refractivity contribution is 0.678. The van der Waals surface area contributed by atoms with Gasteiger partial charge in [-0.3, -0.25) is 0 Å². The molecule has 4 N–H and O–H groups in total. The van der Waals surface area contributed by atoms with Crippen molar-refractivity contribution in [3.63, 3.8) is 0 Å². The minimum absolute atomic E-state index is 0.00472. The van der Waals surface area contributed by atoms with Gasteiger partial charge in [-0.1, -0.05) is 12.1 Å². The molecule has 1 heterocycles. The number of rotatable bonds is 2. The monoisotopic (exact) mass is 220 g/mol. The molecule has 0 spiro atoms. The van der Waals surface area contributed by atoms with Crippen molar-refractivity contribution in [1.82, 2.24) is 15.3 Å². The van der Waals surface area contributed by atoms with Crippen molar-refractivity contribution in [1.29, 1.82) is 0 Å². The van der Waals surface area contributed by atoms with Crippen LogP contribution in [0.3, 0.4) is 0 Å². The Morgan fingerprint density at radius 1 is 1.53 bits per heavy atom. The van der Waals surface area contributed by atoms with Gasteiger partial charge in [0.05, 0.1) is 17.1 Å². The van der Waals surface area contributed by atoms with E-state index in [2.05, 4.69) is 15.3 Å². The summed E-state index contributed by atoms with van der Waals surface area (Å²) in [6.45, 7) is 1.96. The van der Waals surface area contributed by atoms with Crippen molar-refractivity contribution in [3.8, 4) is 0 Å². The summed E-state index contributed by atoms with van der Waals surface area (Å²) in [5.74, 6) is 0.837. The number of nitrogens with two attached hydrogens (primary N) is 1. The van der Waals surface area contributed by atoms with E-state index in [4.69, 9.17) is 18.0 Å². The summed E-state index contributed by atoms with van der Waals surface area (Å²) >= 11 is 4.78. The predicted molar refractivity (Wildman–Crippen MR) is 64.4 cm³/mol. The Morgan fingerprint density at radius 2 is 2.27 bits per heavy atom. The van der Waals surface area contributed by atoms with Crippen LogP contribution in [-0.2, 0) is 0 Å². The third kappa shape index (κ3) is 2.07. The molecule has 1 unspecified atom stereocenters. The van der Waals surface area contributed by atoms with Crippen molar-refractivity contribution in [3.05, 3.63) is 30.1 Å². The minimum Gasteiger partial charge on any atom is -0.376 e. The number of benzene rings is 1. The first-order valence-corrected chi connectivity index (χ1v) is 5.08. The largest absolute Gasteiger partial charge is 0.376 e. The Bertz CT molecular complexity index is 458. The van der Waals surface area contributed by atoms with Crippen LogP contribution in [0.4, 0.5) is 0 Å². The van der Waals surface area contributed by atoms with Crippen molar-refractivity contribution in [2.24, 2.45) is 5.73 Å². The molecule has 0 saturated carbocycles. The maximum Gasteiger partial charge on any atom is 0.164 e. The second-order valence-corrected chi connectivity index (χ2v) is 3.81. The lowest BCUT2D eigenvalue weighted by Crippen LogP contribution is -2.31. The van der Waals surface area contributed by atoms with Crippen LogP contribution in [0.2, 0.25) is 0 Å². The number of nitrogens with zero attached hydrogens (tertiary/aromatic N) is 1. The molecule has 4 nitrogen and oxygen atoms in total. The van der Waals surface area contributed by atoms with Crippen LogP contribution in [0, 0.1) is 0 Å². The summed E-state index contributed by atoms with van der Waals surface area (Å²) in [6, 6.07) is 7.87. The van der Waals surface area contributed by atoms with Gasteiger partial charge in [-0.25, -0.2) is 4.98 Å². The predicted octanol–water partition coefficient (Wildman–Crippen LogP) is 1.46. The van der Waals surface area contributed by atoms with Gasteiger partial charge >= 0.3 is 0 Å². The van der Waals surface area contributed by atoms with Crippen LogP contribution in [0.1, 0.15) is 18.8 Å². The van der Waals surface area contributed by atoms with E-state index in [9.17, 15) is 0 Å². The molecule has 0 radical (unpaired) electrons. The highest BCUT2D eigenvalue weighted by atomic mass is 32.1. The number of imidazole rings is 1. The van der Waals surface area contributed by atoms with Gasteiger partial charge in [-0.05, 0) is 31.3 Å². The summed E-state index contributed by atoms with van der Waals surface area (Å²) in [7, 11) is 0. The van der Waals surface area contributed by atoms with Gasteiger partial charge in [0.2, 0.25) is 0 Å². The maximum atomic E-state index is 5.40. The van der Waals surface area contributed by atoms with Gasteiger partial charge in [0, 0.05) is 0 Å². The molecule has 1 aromatic carbocycles. The zero-order valence-corrected chi connectivity index (χ0v) is 9.14. The molecule has 1 aromatic heterocycles. The molecule has 0 saturated heterocycles. The fourth-order valence-corrected chi connectivity index (χ4v) is 1.64. The zero-order valence-electron chi connectivity index (χ0n) is 8.32. The molecule has 0 aliphatic rings. The van der Waals surface area contributed by atoms with Crippen molar-refractivity contribution < 1.29 is 0 Å². The fourth-order valence-electron chi connectivity index (χ4n) is 1.46. The fraction of sp³-hybridized carbons (Fsp3) is 0.200. The van der Waals surface area contributed by atoms with Crippen LogP contribution in [-0.4, -0.2) is 15.1 Å². The van der Waals surface area contributed by atoms with Gasteiger partial charge in [-0.2, -0.15) is 0 Å². The van der Waals surface area contributed by atoms with Gasteiger partial charge in [0.15, 0.2) is 5.11 Å². The minimum atomic E-state index is -0.00472. The number of thiocarbonyl (C=S) groups is 1. The Balaban J connectivity index is 2.32. The van der Waals surface area contributed by atoms with E-state index in [-0.39, 0.29) is 11.2 Å². The molecule has 15 heavy (non-hydrogen) atoms. The average molecular weight is 220 g/mol. The molecule has 0 amide bonds. The molecular formula is C10H12N4S. The highest BCUT2D eigenvalue weighted by Gasteiger charge is 2.09. The smallest absolute Gasteiger partial charge is 0.164 e. The third-order valence-corrected chi connectivity index (χ3v) is 2.29. The van der Waals surface area contributed by atoms with Gasteiger partial charge < -0.3 is 16.0 Å². The van der Waals surface area contributed by atoms with E-state index in [0.29, 0.717) is 0 Å². The van der Waals surface area contributed by atoms with Gasteiger partial charge in [0.25, 0.3) is 0 Å². The van der Waals surface area contributed by atoms with E-state index in [0.717, 1.165) is 16.9 Å². The Kier molecular flexibility index (Phi) is 2.55. The molecule has 1 atom stereocenters. The number of para-hydroxylation sites is 2. The number of fused-ring (bicyclic) bond motifs is 1. The number of hydrogen-bond acceptors (Lipinski definition) is 2. The van der Waals surface area contributed by atoms with E-state index >= 15 is 0 Å². The van der Waals surface area contributed by atoms with E-state index in [1.54, 1.807) is 0 Å². The van der Waals surface area contributed by atoms with Crippen molar-refractivity contribution in [2.45, 2.75) is 13.0 Å². The number of aromatic amines is 1. The summed E-state index contributed by atoms with van der Waals surface area (Å²) in [5.41, 5.74) is 7.37. The normalized spacial score (nSPS) is 12.6. The Hall–Kier alpha value is -1.62. The lowest BCUT2D eigenvalue weighted by atomic mass is 10.3. The second kappa shape index (κ2) is 3.86. The van der Waals surface area contributed by atoms with E-state index in [1.165, 1.54) is 0 Å². The standard InChI is InChI=1S/C10H12N4S/c1-6(12-10(11)15)9-13-7-4-2-3-5-8(7)14-9/h2-6H,1H3,(H,13,14)(H3,11,12,15). The van der Waals surface area contributed by atoms with Gasteiger partial charge in [0.1, 0.15) is 5.82 Å². The topological polar surface area (TPSA) is 66.7 Å². The average Bonchev–Trinajstić information content (AvgIpc) is 2.59. The molecule has 2 rings (SSSR count). The quantitative estimate of drug-likeness (QED) is 0.670. The number of H-pyrrole nitrogens is 1. The first-order valence-electron chi connectivity index (χ1n) is 4.67. The van der Waals surface area contributed by atoms with Crippen molar-refractivity contribution >= 4 is 28.4 Å². The van der Waals surface area contributed by atoms with Crippen LogP contribution in [0.15, 0.2) is 24.3 Å². The summed E-state index contributed by atoms with van der Waals surface area (Å²) in [4.78, 5) is 7.64. The zero-order chi connectivity index (χ0) is 10.8. The highest BCUT2D eigenvalue weighted by Crippen LogP contribution is 2.14. The first-order chi connectivity index (χ1) is 7.16. The Labute approximate surface area is 92.9 Å². The number of nitrogens with one attached hydrogen (secondary N) is 2. The van der Waals surface area contributed by atoms with Crippen LogP contribution in [0.5, 0.6) is 0 Å². The summed E-state index contributed by atoms with van der Waals surface area (Å²) in [6.07, 6.45) is 0. The molecule has 5 heteroatoms. The number of hydrogen-bond donors (Lipinski definition) is 3. The van der Waals surface area contributed by atoms with Crippen LogP contribution < -0.4 is 11.1 Å². The SMILES string of the molecule is CC(NC(N)=S)c1nc2ccccc2[nH]1. The molecule has 0 aliphatic carbocycles. The Morgan fingerprint density at radius 3 is 2.93 bits per heavy atom.